The summed E-state index contributed by atoms with van der Waals surface area (Å²) in [7, 11) is 0. The Balaban J connectivity index is 1.61. The Morgan fingerprint density at radius 2 is 1.63 bits per heavy atom. The Kier molecular flexibility index (Phi) is 5.91. The van der Waals surface area contributed by atoms with Crippen LogP contribution in [0, 0.1) is 5.82 Å². The molecule has 1 fully saturated rings. The molecule has 2 aromatic rings. The predicted octanol–water partition coefficient (Wildman–Crippen LogP) is 3.87. The second-order valence-corrected chi connectivity index (χ2v) is 6.84. The van der Waals surface area contributed by atoms with Gasteiger partial charge in [0, 0.05) is 32.3 Å². The number of carbonyl (C=O) groups is 2. The summed E-state index contributed by atoms with van der Waals surface area (Å²) in [4.78, 5) is 28.4. The van der Waals surface area contributed by atoms with Gasteiger partial charge < -0.3 is 9.80 Å². The molecular weight excluding hydrogens is 367 g/mol. The fourth-order valence-electron chi connectivity index (χ4n) is 3.02. The van der Waals surface area contributed by atoms with Gasteiger partial charge in [0.05, 0.1) is 10.6 Å². The molecule has 1 aliphatic heterocycles. The zero-order chi connectivity index (χ0) is 19.4. The maximum Gasteiger partial charge on any atom is 0.255 e. The summed E-state index contributed by atoms with van der Waals surface area (Å²) in [6.45, 7) is 3.63. The molecule has 140 valence electrons. The van der Waals surface area contributed by atoms with Crippen LogP contribution in [0.1, 0.15) is 22.8 Å². The lowest BCUT2D eigenvalue weighted by Gasteiger charge is -2.34. The van der Waals surface area contributed by atoms with E-state index in [-0.39, 0.29) is 22.4 Å². The van der Waals surface area contributed by atoms with E-state index in [1.54, 1.807) is 15.9 Å². The molecule has 4 nitrogen and oxygen atoms in total. The van der Waals surface area contributed by atoms with Crippen molar-refractivity contribution in [2.24, 2.45) is 0 Å². The number of carbonyl (C=O) groups excluding carboxylic acids is 2. The second kappa shape index (κ2) is 8.35. The van der Waals surface area contributed by atoms with Crippen molar-refractivity contribution in [3.8, 4) is 0 Å². The highest BCUT2D eigenvalue weighted by Gasteiger charge is 2.25. The Hall–Kier alpha value is -2.66. The van der Waals surface area contributed by atoms with Crippen LogP contribution in [-0.2, 0) is 4.79 Å². The third kappa shape index (κ3) is 4.55. The van der Waals surface area contributed by atoms with E-state index in [2.05, 4.69) is 0 Å². The number of allylic oxidation sites excluding steroid dienone is 1. The summed E-state index contributed by atoms with van der Waals surface area (Å²) in [5.74, 6) is -0.793. The lowest BCUT2D eigenvalue weighted by Crippen LogP contribution is -2.50. The van der Waals surface area contributed by atoms with E-state index in [9.17, 15) is 14.0 Å². The van der Waals surface area contributed by atoms with E-state index in [1.807, 2.05) is 37.3 Å². The van der Waals surface area contributed by atoms with Gasteiger partial charge in [0.15, 0.2) is 0 Å². The van der Waals surface area contributed by atoms with Crippen molar-refractivity contribution >= 4 is 29.0 Å². The van der Waals surface area contributed by atoms with E-state index >= 15 is 0 Å². The SMILES string of the molecule is C/C(=C/C(=O)N1CCN(C(=O)c2ccc(F)cc2Cl)CC1)c1ccccc1. The second-order valence-electron chi connectivity index (χ2n) is 6.44. The molecule has 0 aliphatic carbocycles. The monoisotopic (exact) mass is 386 g/mol. The third-order valence-electron chi connectivity index (χ3n) is 4.61. The summed E-state index contributed by atoms with van der Waals surface area (Å²) in [6.07, 6.45) is 1.63. The summed E-state index contributed by atoms with van der Waals surface area (Å²) in [5, 5.41) is 0.0972. The van der Waals surface area contributed by atoms with E-state index < -0.39 is 5.82 Å². The van der Waals surface area contributed by atoms with E-state index in [4.69, 9.17) is 11.6 Å². The minimum absolute atomic E-state index is 0.0664. The molecule has 0 N–H and O–H groups in total. The van der Waals surface area contributed by atoms with Gasteiger partial charge in [-0.05, 0) is 36.3 Å². The maximum absolute atomic E-state index is 13.2. The topological polar surface area (TPSA) is 40.6 Å². The molecule has 1 saturated heterocycles. The highest BCUT2D eigenvalue weighted by molar-refractivity contribution is 6.33. The quantitative estimate of drug-likeness (QED) is 0.751. The van der Waals surface area contributed by atoms with Crippen molar-refractivity contribution in [2.75, 3.05) is 26.2 Å². The van der Waals surface area contributed by atoms with Crippen molar-refractivity contribution in [1.29, 1.82) is 0 Å². The molecule has 0 saturated carbocycles. The molecule has 0 radical (unpaired) electrons. The van der Waals surface area contributed by atoms with Gasteiger partial charge in [-0.15, -0.1) is 0 Å². The Morgan fingerprint density at radius 1 is 1.00 bits per heavy atom. The van der Waals surface area contributed by atoms with Crippen LogP contribution < -0.4 is 0 Å². The number of halogens is 2. The summed E-state index contributed by atoms with van der Waals surface area (Å²) in [6, 6.07) is 13.5. The largest absolute Gasteiger partial charge is 0.336 e. The van der Waals surface area contributed by atoms with Crippen LogP contribution in [0.5, 0.6) is 0 Å². The Labute approximate surface area is 162 Å². The first-order valence-electron chi connectivity index (χ1n) is 8.72. The van der Waals surface area contributed by atoms with Gasteiger partial charge >= 0.3 is 0 Å². The van der Waals surface area contributed by atoms with Crippen molar-refractivity contribution in [2.45, 2.75) is 6.92 Å². The number of amides is 2. The lowest BCUT2D eigenvalue weighted by molar-refractivity contribution is -0.127. The zero-order valence-corrected chi connectivity index (χ0v) is 15.7. The highest BCUT2D eigenvalue weighted by atomic mass is 35.5. The lowest BCUT2D eigenvalue weighted by atomic mass is 10.1. The van der Waals surface area contributed by atoms with E-state index in [0.717, 1.165) is 17.2 Å². The maximum atomic E-state index is 13.2. The first-order valence-corrected chi connectivity index (χ1v) is 9.10. The molecule has 0 spiro atoms. The normalized spacial score (nSPS) is 15.0. The van der Waals surface area contributed by atoms with Crippen LogP contribution in [0.4, 0.5) is 4.39 Å². The Bertz CT molecular complexity index is 875. The Morgan fingerprint density at radius 3 is 2.26 bits per heavy atom. The minimum Gasteiger partial charge on any atom is -0.336 e. The number of rotatable bonds is 3. The van der Waals surface area contributed by atoms with Crippen LogP contribution >= 0.6 is 11.6 Å². The van der Waals surface area contributed by atoms with Gasteiger partial charge in [0.1, 0.15) is 5.82 Å². The van der Waals surface area contributed by atoms with Crippen LogP contribution in [0.25, 0.3) is 5.57 Å². The van der Waals surface area contributed by atoms with E-state index in [1.165, 1.54) is 12.1 Å². The first-order chi connectivity index (χ1) is 13.0. The van der Waals surface area contributed by atoms with Crippen molar-refractivity contribution in [3.05, 3.63) is 76.6 Å². The predicted molar refractivity (Wildman–Crippen MR) is 104 cm³/mol. The third-order valence-corrected chi connectivity index (χ3v) is 4.92. The van der Waals surface area contributed by atoms with Gasteiger partial charge in [-0.3, -0.25) is 9.59 Å². The molecule has 0 aromatic heterocycles. The molecular formula is C21H20ClFN2O2. The van der Waals surface area contributed by atoms with E-state index in [0.29, 0.717) is 26.2 Å². The van der Waals surface area contributed by atoms with Gasteiger partial charge in [0.25, 0.3) is 5.91 Å². The average molecular weight is 387 g/mol. The fourth-order valence-corrected chi connectivity index (χ4v) is 3.27. The van der Waals surface area contributed by atoms with Crippen molar-refractivity contribution < 1.29 is 14.0 Å². The first kappa shape index (κ1) is 19.1. The molecule has 1 heterocycles. The average Bonchev–Trinajstić information content (AvgIpc) is 2.68. The molecule has 0 unspecified atom stereocenters. The van der Waals surface area contributed by atoms with Crippen LogP contribution in [0.3, 0.4) is 0 Å². The summed E-state index contributed by atoms with van der Waals surface area (Å²) in [5.41, 5.74) is 2.18. The van der Waals surface area contributed by atoms with Crippen LogP contribution in [0.15, 0.2) is 54.6 Å². The van der Waals surface area contributed by atoms with Crippen LogP contribution in [0.2, 0.25) is 5.02 Å². The van der Waals surface area contributed by atoms with Crippen LogP contribution in [-0.4, -0.2) is 47.8 Å². The van der Waals surface area contributed by atoms with Crippen molar-refractivity contribution in [1.82, 2.24) is 9.80 Å². The number of piperazine rings is 1. The molecule has 27 heavy (non-hydrogen) atoms. The van der Waals surface area contributed by atoms with Gasteiger partial charge in [0.2, 0.25) is 5.91 Å². The molecule has 1 aliphatic rings. The minimum atomic E-state index is -0.479. The fraction of sp³-hybridized carbons (Fsp3) is 0.238. The molecule has 3 rings (SSSR count). The highest BCUT2D eigenvalue weighted by Crippen LogP contribution is 2.20. The number of hydrogen-bond acceptors (Lipinski definition) is 2. The molecule has 0 bridgehead atoms. The molecule has 0 atom stereocenters. The number of hydrogen-bond donors (Lipinski definition) is 0. The number of benzene rings is 2. The molecule has 2 aromatic carbocycles. The smallest absolute Gasteiger partial charge is 0.255 e. The van der Waals surface area contributed by atoms with Gasteiger partial charge in [-0.1, -0.05) is 41.9 Å². The molecule has 2 amide bonds. The van der Waals surface area contributed by atoms with Crippen molar-refractivity contribution in [3.63, 3.8) is 0 Å². The van der Waals surface area contributed by atoms with Gasteiger partial charge in [-0.25, -0.2) is 4.39 Å². The number of nitrogens with zero attached hydrogens (tertiary/aromatic N) is 2. The zero-order valence-electron chi connectivity index (χ0n) is 15.0. The van der Waals surface area contributed by atoms with Gasteiger partial charge in [-0.2, -0.15) is 0 Å². The molecule has 6 heteroatoms. The summed E-state index contributed by atoms with van der Waals surface area (Å²) >= 11 is 5.98. The standard InChI is InChI=1S/C21H20ClFN2O2/c1-15(16-5-3-2-4-6-16)13-20(26)24-9-11-25(12-10-24)21(27)18-8-7-17(23)14-19(18)22/h2-8,13-14H,9-12H2,1H3/b15-13-. The summed E-state index contributed by atoms with van der Waals surface area (Å²) < 4.78 is 13.2.